The average Bonchev–Trinajstić information content (AvgIpc) is 3.35. The highest BCUT2D eigenvalue weighted by atomic mass is 16.8. The van der Waals surface area contributed by atoms with Crippen molar-refractivity contribution in [3.8, 4) is 0 Å². The average molecular weight is 503 g/mol. The molecule has 7 fully saturated rings. The predicted octanol–water partition coefficient (Wildman–Crippen LogP) is 4.71. The molecule has 7 aliphatic rings. The molecule has 0 aromatic rings. The summed E-state index contributed by atoms with van der Waals surface area (Å²) in [5.74, 6) is 1.16. The van der Waals surface area contributed by atoms with E-state index >= 15 is 0 Å². The molecule has 0 radical (unpaired) electrons. The molecule has 0 unspecified atom stereocenters. The SMILES string of the molecule is C[C@H]1CO[C@@]2(O[C@H]3C[C@H]4[C@@H]5C[C@@H](O)[C@H]6C[C@@H]7OC(C)(C)O[C@@H]7C[C@]6(C)[C@H]5CC[C@]4(C)[C@H]3[C@@H]2C)C(=O)C1. The molecule has 6 nitrogen and oxygen atoms in total. The van der Waals surface area contributed by atoms with Crippen LogP contribution in [0.4, 0.5) is 0 Å². The van der Waals surface area contributed by atoms with Crippen molar-refractivity contribution in [3.05, 3.63) is 0 Å². The summed E-state index contributed by atoms with van der Waals surface area (Å²) in [4.78, 5) is 13.2. The van der Waals surface area contributed by atoms with Crippen molar-refractivity contribution in [1.82, 2.24) is 0 Å². The van der Waals surface area contributed by atoms with Crippen molar-refractivity contribution in [1.29, 1.82) is 0 Å². The number of carbonyl (C=O) groups excluding carboxylic acids is 1. The summed E-state index contributed by atoms with van der Waals surface area (Å²) < 4.78 is 25.6. The summed E-state index contributed by atoms with van der Waals surface area (Å²) in [5, 5.41) is 11.6. The van der Waals surface area contributed by atoms with Gasteiger partial charge in [-0.15, -0.1) is 0 Å². The molecule has 0 bridgehead atoms. The third-order valence-electron chi connectivity index (χ3n) is 12.6. The lowest BCUT2D eigenvalue weighted by atomic mass is 9.43. The Labute approximate surface area is 216 Å². The molecule has 36 heavy (non-hydrogen) atoms. The lowest BCUT2D eigenvalue weighted by Crippen LogP contribution is -2.60. The number of ketones is 1. The zero-order valence-electron chi connectivity index (χ0n) is 23.0. The summed E-state index contributed by atoms with van der Waals surface area (Å²) in [7, 11) is 0. The van der Waals surface area contributed by atoms with E-state index in [9.17, 15) is 9.90 Å². The van der Waals surface area contributed by atoms with Crippen LogP contribution < -0.4 is 0 Å². The molecule has 14 atom stereocenters. The normalized spacial score (nSPS) is 61.3. The monoisotopic (exact) mass is 502 g/mol. The predicted molar refractivity (Wildman–Crippen MR) is 133 cm³/mol. The Hall–Kier alpha value is -0.530. The number of hydrogen-bond donors (Lipinski definition) is 1. The summed E-state index contributed by atoms with van der Waals surface area (Å²) in [5.41, 5.74) is 0.190. The Bertz CT molecular complexity index is 950. The number of Topliss-reactive ketones (excluding diaryl/α,β-unsaturated/α-hetero) is 1. The van der Waals surface area contributed by atoms with Crippen LogP contribution >= 0.6 is 0 Å². The first-order chi connectivity index (χ1) is 16.9. The summed E-state index contributed by atoms with van der Waals surface area (Å²) in [6.45, 7) is 13.9. The molecule has 7 rings (SSSR count). The summed E-state index contributed by atoms with van der Waals surface area (Å²) in [6.07, 6.45) is 6.71. The second kappa shape index (κ2) is 7.56. The van der Waals surface area contributed by atoms with Gasteiger partial charge in [-0.05, 0) is 98.7 Å². The van der Waals surface area contributed by atoms with Crippen LogP contribution in [0.2, 0.25) is 0 Å². The fraction of sp³-hybridized carbons (Fsp3) is 0.967. The van der Waals surface area contributed by atoms with Gasteiger partial charge in [0.2, 0.25) is 5.79 Å². The van der Waals surface area contributed by atoms with Gasteiger partial charge in [0.1, 0.15) is 0 Å². The van der Waals surface area contributed by atoms with Gasteiger partial charge in [0.05, 0.1) is 31.0 Å². The number of rotatable bonds is 0. The minimum atomic E-state index is -1.03. The second-order valence-corrected chi connectivity index (χ2v) is 14.9. The van der Waals surface area contributed by atoms with Crippen LogP contribution in [0.1, 0.15) is 86.5 Å². The quantitative estimate of drug-likeness (QED) is 0.517. The van der Waals surface area contributed by atoms with Gasteiger partial charge in [-0.2, -0.15) is 0 Å². The summed E-state index contributed by atoms with van der Waals surface area (Å²) >= 11 is 0. The zero-order chi connectivity index (χ0) is 25.4. The van der Waals surface area contributed by atoms with Crippen molar-refractivity contribution in [3.63, 3.8) is 0 Å². The highest BCUT2D eigenvalue weighted by Gasteiger charge is 2.72. The van der Waals surface area contributed by atoms with Crippen LogP contribution in [-0.4, -0.2) is 53.5 Å². The lowest BCUT2D eigenvalue weighted by Gasteiger charge is -2.62. The minimum absolute atomic E-state index is 0.0680. The molecule has 0 aromatic carbocycles. The van der Waals surface area contributed by atoms with Crippen molar-refractivity contribution >= 4 is 5.78 Å². The first-order valence-corrected chi connectivity index (χ1v) is 14.8. The number of ether oxygens (including phenoxy) is 4. The number of fused-ring (bicyclic) bond motifs is 8. The minimum Gasteiger partial charge on any atom is -0.393 e. The van der Waals surface area contributed by atoms with E-state index in [4.69, 9.17) is 18.9 Å². The van der Waals surface area contributed by atoms with Crippen molar-refractivity contribution < 1.29 is 28.8 Å². The fourth-order valence-electron chi connectivity index (χ4n) is 11.2. The molecule has 0 amide bonds. The molecular weight excluding hydrogens is 456 g/mol. The third kappa shape index (κ3) is 3.06. The van der Waals surface area contributed by atoms with E-state index in [0.29, 0.717) is 36.7 Å². The molecule has 3 heterocycles. The van der Waals surface area contributed by atoms with Crippen molar-refractivity contribution in [2.45, 2.75) is 122 Å². The zero-order valence-corrected chi connectivity index (χ0v) is 23.0. The van der Waals surface area contributed by atoms with Gasteiger partial charge in [0.15, 0.2) is 11.6 Å². The van der Waals surface area contributed by atoms with Crippen molar-refractivity contribution in [2.75, 3.05) is 6.61 Å². The number of aliphatic hydroxyl groups is 1. The van der Waals surface area contributed by atoms with E-state index in [0.717, 1.165) is 25.7 Å². The van der Waals surface area contributed by atoms with Crippen LogP contribution in [0, 0.1) is 52.3 Å². The van der Waals surface area contributed by atoms with Gasteiger partial charge in [0, 0.05) is 12.3 Å². The van der Waals surface area contributed by atoms with E-state index in [-0.39, 0.29) is 58.8 Å². The standard InChI is InChI=1S/C30H46O6/c1-15-9-25(32)30(33-14-15)16(2)26-23(36-30)11-19-17-10-21(31)20-12-22-24(35-27(3,4)34-22)13-29(20,6)18(17)7-8-28(19,26)5/h15-24,26,31H,7-14H2,1-6H3/t15-,16+,17-,18+,19+,20-,21-,22+,23+,24-,26+,28+,29-,30+/m1/s1. The molecule has 1 N–H and O–H groups in total. The Morgan fingerprint density at radius 2 is 1.58 bits per heavy atom. The van der Waals surface area contributed by atoms with Gasteiger partial charge in [0.25, 0.3) is 0 Å². The molecule has 6 heteroatoms. The van der Waals surface area contributed by atoms with Gasteiger partial charge < -0.3 is 24.1 Å². The topological polar surface area (TPSA) is 74.2 Å². The van der Waals surface area contributed by atoms with E-state index < -0.39 is 11.6 Å². The maximum atomic E-state index is 13.2. The van der Waals surface area contributed by atoms with E-state index in [1.165, 1.54) is 12.8 Å². The fourth-order valence-corrected chi connectivity index (χ4v) is 11.2. The Morgan fingerprint density at radius 3 is 2.33 bits per heavy atom. The first kappa shape index (κ1) is 24.5. The molecule has 3 saturated heterocycles. The molecule has 4 aliphatic carbocycles. The molecule has 1 spiro atoms. The van der Waals surface area contributed by atoms with E-state index in [1.54, 1.807) is 0 Å². The van der Waals surface area contributed by atoms with Crippen LogP contribution in [0.3, 0.4) is 0 Å². The Balaban J connectivity index is 1.17. The van der Waals surface area contributed by atoms with Crippen LogP contribution in [0.5, 0.6) is 0 Å². The highest BCUT2D eigenvalue weighted by Crippen LogP contribution is 2.71. The highest BCUT2D eigenvalue weighted by molar-refractivity contribution is 5.87. The molecule has 3 aliphatic heterocycles. The molecule has 202 valence electrons. The lowest BCUT2D eigenvalue weighted by molar-refractivity contribution is -0.253. The van der Waals surface area contributed by atoms with Gasteiger partial charge in [-0.1, -0.05) is 27.7 Å². The third-order valence-corrected chi connectivity index (χ3v) is 12.6. The van der Waals surface area contributed by atoms with Crippen LogP contribution in [0.25, 0.3) is 0 Å². The van der Waals surface area contributed by atoms with E-state index in [2.05, 4.69) is 27.7 Å². The number of carbonyl (C=O) groups is 1. The van der Waals surface area contributed by atoms with Crippen LogP contribution in [0.15, 0.2) is 0 Å². The Kier molecular flexibility index (Phi) is 5.15. The van der Waals surface area contributed by atoms with Gasteiger partial charge in [-0.25, -0.2) is 0 Å². The second-order valence-electron chi connectivity index (χ2n) is 14.9. The number of hydrogen-bond acceptors (Lipinski definition) is 6. The van der Waals surface area contributed by atoms with Crippen molar-refractivity contribution in [2.24, 2.45) is 52.3 Å². The Morgan fingerprint density at radius 1 is 0.861 bits per heavy atom. The smallest absolute Gasteiger partial charge is 0.232 e. The largest absolute Gasteiger partial charge is 0.393 e. The maximum absolute atomic E-state index is 13.2. The molecule has 0 aromatic heterocycles. The van der Waals surface area contributed by atoms with E-state index in [1.807, 2.05) is 13.8 Å². The number of aliphatic hydroxyl groups excluding tert-OH is 1. The van der Waals surface area contributed by atoms with Gasteiger partial charge >= 0.3 is 0 Å². The maximum Gasteiger partial charge on any atom is 0.232 e. The van der Waals surface area contributed by atoms with Gasteiger partial charge in [-0.3, -0.25) is 4.79 Å². The summed E-state index contributed by atoms with van der Waals surface area (Å²) in [6, 6.07) is 0. The first-order valence-electron chi connectivity index (χ1n) is 14.8. The molecule has 4 saturated carbocycles. The van der Waals surface area contributed by atoms with Crippen LogP contribution in [-0.2, 0) is 23.7 Å². The molecular formula is C30H46O6.